The molecule has 0 saturated carbocycles. The zero-order valence-electron chi connectivity index (χ0n) is 16.4. The van der Waals surface area contributed by atoms with E-state index in [4.69, 9.17) is 0 Å². The van der Waals surface area contributed by atoms with Crippen LogP contribution in [0.2, 0.25) is 0 Å². The van der Waals surface area contributed by atoms with Gasteiger partial charge in [-0.15, -0.1) is 0 Å². The molecule has 4 nitrogen and oxygen atoms in total. The van der Waals surface area contributed by atoms with Gasteiger partial charge in [0.05, 0.1) is 12.4 Å². The van der Waals surface area contributed by atoms with Gasteiger partial charge in [-0.25, -0.2) is 9.97 Å². The quantitative estimate of drug-likeness (QED) is 0.576. The van der Waals surface area contributed by atoms with Gasteiger partial charge in [0.25, 0.3) is 0 Å². The maximum Gasteiger partial charge on any atom is 0.451 e. The standard InChI is InChI=1S/C22H21F3N4/c1-21(2,3)15-9-11-16(12-10-15)29-13-26-18-17(14-7-5-4-6-8-14)27-20(22(23,24)25)28-19(18)29/h4-12,26H,13H2,1-3H3. The van der Waals surface area contributed by atoms with E-state index in [2.05, 4.69) is 36.1 Å². The van der Waals surface area contributed by atoms with Crippen molar-refractivity contribution in [3.05, 3.63) is 66.0 Å². The van der Waals surface area contributed by atoms with Gasteiger partial charge in [-0.3, -0.25) is 0 Å². The summed E-state index contributed by atoms with van der Waals surface area (Å²) < 4.78 is 40.5. The van der Waals surface area contributed by atoms with Crippen LogP contribution in [0.15, 0.2) is 54.6 Å². The molecule has 0 aliphatic carbocycles. The molecule has 0 saturated heterocycles. The molecule has 0 radical (unpaired) electrons. The average Bonchev–Trinajstić information content (AvgIpc) is 3.11. The lowest BCUT2D eigenvalue weighted by Gasteiger charge is -2.22. The summed E-state index contributed by atoms with van der Waals surface area (Å²) in [6.07, 6.45) is -4.64. The monoisotopic (exact) mass is 398 g/mol. The summed E-state index contributed by atoms with van der Waals surface area (Å²) in [5, 5.41) is 3.17. The van der Waals surface area contributed by atoms with Crippen molar-refractivity contribution < 1.29 is 13.2 Å². The summed E-state index contributed by atoms with van der Waals surface area (Å²) in [5.74, 6) is -0.912. The average molecular weight is 398 g/mol. The van der Waals surface area contributed by atoms with E-state index >= 15 is 0 Å². The fraction of sp³-hybridized carbons (Fsp3) is 0.273. The van der Waals surface area contributed by atoms with Crippen molar-refractivity contribution in [3.8, 4) is 11.3 Å². The number of anilines is 3. The Morgan fingerprint density at radius 1 is 0.897 bits per heavy atom. The zero-order valence-corrected chi connectivity index (χ0v) is 16.4. The van der Waals surface area contributed by atoms with E-state index < -0.39 is 12.0 Å². The van der Waals surface area contributed by atoms with Crippen LogP contribution < -0.4 is 10.2 Å². The van der Waals surface area contributed by atoms with Crippen molar-refractivity contribution in [2.24, 2.45) is 0 Å². The second-order valence-electron chi connectivity index (χ2n) is 8.02. The molecule has 2 heterocycles. The van der Waals surface area contributed by atoms with E-state index in [0.717, 1.165) is 11.3 Å². The molecule has 0 atom stereocenters. The summed E-state index contributed by atoms with van der Waals surface area (Å²) in [6.45, 7) is 6.66. The molecule has 29 heavy (non-hydrogen) atoms. The van der Waals surface area contributed by atoms with E-state index in [1.54, 1.807) is 29.2 Å². The minimum absolute atomic E-state index is 0.00814. The Hall–Kier alpha value is -3.09. The number of alkyl halides is 3. The normalized spacial score (nSPS) is 13.9. The third-order valence-electron chi connectivity index (χ3n) is 4.91. The van der Waals surface area contributed by atoms with Gasteiger partial charge in [0.2, 0.25) is 5.82 Å². The highest BCUT2D eigenvalue weighted by Crippen LogP contribution is 2.43. The number of fused-ring (bicyclic) bond motifs is 1. The molecule has 0 spiro atoms. The molecule has 1 N–H and O–H groups in total. The minimum Gasteiger partial charge on any atom is -0.363 e. The van der Waals surface area contributed by atoms with Crippen LogP contribution in [0, 0.1) is 0 Å². The second-order valence-corrected chi connectivity index (χ2v) is 8.02. The van der Waals surface area contributed by atoms with Gasteiger partial charge in [0.15, 0.2) is 5.82 Å². The Labute approximate surface area is 167 Å². The summed E-state index contributed by atoms with van der Waals surface area (Å²) in [4.78, 5) is 9.44. The SMILES string of the molecule is CC(C)(C)c1ccc(N2CNc3c(-c4ccccc4)nc(C(F)(F)F)nc32)cc1. The third kappa shape index (κ3) is 3.64. The lowest BCUT2D eigenvalue weighted by atomic mass is 9.87. The van der Waals surface area contributed by atoms with Gasteiger partial charge in [-0.1, -0.05) is 63.2 Å². The van der Waals surface area contributed by atoms with Crippen LogP contribution in [0.3, 0.4) is 0 Å². The van der Waals surface area contributed by atoms with Gasteiger partial charge >= 0.3 is 6.18 Å². The molecule has 0 amide bonds. The summed E-state index contributed by atoms with van der Waals surface area (Å²) >= 11 is 0. The maximum atomic E-state index is 13.5. The molecule has 0 unspecified atom stereocenters. The molecule has 150 valence electrons. The number of hydrogen-bond acceptors (Lipinski definition) is 4. The van der Waals surface area contributed by atoms with Crippen molar-refractivity contribution in [2.45, 2.75) is 32.4 Å². The van der Waals surface area contributed by atoms with Gasteiger partial charge < -0.3 is 10.2 Å². The van der Waals surface area contributed by atoms with Crippen LogP contribution in [0.1, 0.15) is 32.2 Å². The van der Waals surface area contributed by atoms with Crippen molar-refractivity contribution in [1.29, 1.82) is 0 Å². The van der Waals surface area contributed by atoms with Crippen molar-refractivity contribution >= 4 is 17.2 Å². The number of nitrogens with one attached hydrogen (secondary N) is 1. The van der Waals surface area contributed by atoms with E-state index in [0.29, 0.717) is 17.9 Å². The molecule has 2 aromatic carbocycles. The molecule has 0 fully saturated rings. The van der Waals surface area contributed by atoms with Crippen LogP contribution >= 0.6 is 0 Å². The first-order valence-corrected chi connectivity index (χ1v) is 9.31. The van der Waals surface area contributed by atoms with E-state index in [1.165, 1.54) is 0 Å². The van der Waals surface area contributed by atoms with Crippen molar-refractivity contribution in [3.63, 3.8) is 0 Å². The first kappa shape index (κ1) is 19.2. The smallest absolute Gasteiger partial charge is 0.363 e. The van der Waals surface area contributed by atoms with Crippen LogP contribution in [-0.2, 0) is 11.6 Å². The number of benzene rings is 2. The summed E-state index contributed by atoms with van der Waals surface area (Å²) in [7, 11) is 0. The molecule has 1 aliphatic heterocycles. The van der Waals surface area contributed by atoms with Gasteiger partial charge in [-0.05, 0) is 23.1 Å². The van der Waals surface area contributed by atoms with Crippen LogP contribution in [-0.4, -0.2) is 16.6 Å². The first-order chi connectivity index (χ1) is 13.6. The lowest BCUT2D eigenvalue weighted by molar-refractivity contribution is -0.144. The molecule has 0 bridgehead atoms. The largest absolute Gasteiger partial charge is 0.451 e. The van der Waals surface area contributed by atoms with E-state index in [1.807, 2.05) is 30.3 Å². The Morgan fingerprint density at radius 3 is 2.14 bits per heavy atom. The van der Waals surface area contributed by atoms with Gasteiger partial charge in [0.1, 0.15) is 5.69 Å². The lowest BCUT2D eigenvalue weighted by Crippen LogP contribution is -2.19. The molecular formula is C22H21F3N4. The number of halogens is 3. The Morgan fingerprint density at radius 2 is 1.55 bits per heavy atom. The Kier molecular flexibility index (Phi) is 4.48. The molecular weight excluding hydrogens is 377 g/mol. The van der Waals surface area contributed by atoms with Crippen molar-refractivity contribution in [1.82, 2.24) is 9.97 Å². The number of hydrogen-bond donors (Lipinski definition) is 1. The molecule has 1 aliphatic rings. The summed E-state index contributed by atoms with van der Waals surface area (Å²) in [5.41, 5.74) is 3.27. The number of nitrogens with zero attached hydrogens (tertiary/aromatic N) is 3. The highest BCUT2D eigenvalue weighted by Gasteiger charge is 2.38. The van der Waals surface area contributed by atoms with Crippen LogP contribution in [0.5, 0.6) is 0 Å². The summed E-state index contributed by atoms with van der Waals surface area (Å²) in [6, 6.07) is 16.7. The van der Waals surface area contributed by atoms with E-state index in [9.17, 15) is 13.2 Å². The molecule has 1 aromatic heterocycles. The van der Waals surface area contributed by atoms with Crippen molar-refractivity contribution in [2.75, 3.05) is 16.9 Å². The second kappa shape index (κ2) is 6.76. The fourth-order valence-corrected chi connectivity index (χ4v) is 3.33. The minimum atomic E-state index is -4.64. The molecule has 4 rings (SSSR count). The number of rotatable bonds is 2. The number of aromatic nitrogens is 2. The molecule has 3 aromatic rings. The Bertz CT molecular complexity index is 1020. The Balaban J connectivity index is 1.83. The zero-order chi connectivity index (χ0) is 20.8. The predicted octanol–water partition coefficient (Wildman–Crippen LogP) is 5.98. The van der Waals surface area contributed by atoms with E-state index in [-0.39, 0.29) is 16.9 Å². The maximum absolute atomic E-state index is 13.5. The van der Waals surface area contributed by atoms with Gasteiger partial charge in [-0.2, -0.15) is 13.2 Å². The van der Waals surface area contributed by atoms with Gasteiger partial charge in [0, 0.05) is 11.3 Å². The third-order valence-corrected chi connectivity index (χ3v) is 4.91. The highest BCUT2D eigenvalue weighted by atomic mass is 19.4. The van der Waals surface area contributed by atoms with Crippen LogP contribution in [0.25, 0.3) is 11.3 Å². The fourth-order valence-electron chi connectivity index (χ4n) is 3.33. The highest BCUT2D eigenvalue weighted by molar-refractivity contribution is 5.88. The molecule has 7 heteroatoms. The topological polar surface area (TPSA) is 41.0 Å². The predicted molar refractivity (Wildman–Crippen MR) is 108 cm³/mol. The first-order valence-electron chi connectivity index (χ1n) is 9.31. The van der Waals surface area contributed by atoms with Crippen LogP contribution in [0.4, 0.5) is 30.4 Å².